The smallest absolute Gasteiger partial charge is 0.114 e. The van der Waals surface area contributed by atoms with E-state index in [-0.39, 0.29) is 11.8 Å². The Balaban J connectivity index is 1.65. The molecule has 1 aromatic carbocycles. The van der Waals surface area contributed by atoms with Crippen molar-refractivity contribution in [3.05, 3.63) is 48.6 Å². The molecule has 0 aromatic heterocycles. The lowest BCUT2D eigenvalue weighted by Gasteiger charge is -2.24. The minimum atomic E-state index is -0.246. The second kappa shape index (κ2) is 7.16. The van der Waals surface area contributed by atoms with Gasteiger partial charge in [-0.05, 0) is 51.0 Å². The highest BCUT2D eigenvalue weighted by Crippen LogP contribution is 2.38. The van der Waals surface area contributed by atoms with E-state index in [4.69, 9.17) is 9.47 Å². The van der Waals surface area contributed by atoms with Crippen LogP contribution >= 0.6 is 0 Å². The highest BCUT2D eigenvalue weighted by molar-refractivity contribution is 5.17. The average Bonchev–Trinajstić information content (AvgIpc) is 3.10. The van der Waals surface area contributed by atoms with Crippen LogP contribution in [0.3, 0.4) is 0 Å². The molecule has 126 valence electrons. The van der Waals surface area contributed by atoms with Gasteiger partial charge in [0.15, 0.2) is 0 Å². The Kier molecular flexibility index (Phi) is 5.20. The number of nitrogens with one attached hydrogen (secondary N) is 1. The molecule has 0 spiro atoms. The molecule has 3 nitrogen and oxygen atoms in total. The summed E-state index contributed by atoms with van der Waals surface area (Å²) in [5.41, 5.74) is 1.12. The molecule has 1 saturated heterocycles. The molecular weight excluding hydrogens is 286 g/mol. The van der Waals surface area contributed by atoms with Gasteiger partial charge in [-0.1, -0.05) is 36.4 Å². The van der Waals surface area contributed by atoms with Crippen molar-refractivity contribution in [3.8, 4) is 0 Å². The first-order valence-corrected chi connectivity index (χ1v) is 8.79. The minimum Gasteiger partial charge on any atom is -0.374 e. The summed E-state index contributed by atoms with van der Waals surface area (Å²) in [6.45, 7) is 8.65. The van der Waals surface area contributed by atoms with Gasteiger partial charge in [-0.25, -0.2) is 0 Å². The summed E-state index contributed by atoms with van der Waals surface area (Å²) in [6, 6.07) is 11.1. The number of benzene rings is 1. The van der Waals surface area contributed by atoms with Crippen LogP contribution in [0.15, 0.2) is 43.0 Å². The van der Waals surface area contributed by atoms with Gasteiger partial charge in [0, 0.05) is 6.04 Å². The third kappa shape index (κ3) is 4.23. The van der Waals surface area contributed by atoms with Gasteiger partial charge in [-0.3, -0.25) is 5.32 Å². The normalized spacial score (nSPS) is 33.0. The van der Waals surface area contributed by atoms with Crippen molar-refractivity contribution in [2.75, 3.05) is 6.61 Å². The Morgan fingerprint density at radius 2 is 2.09 bits per heavy atom. The number of ether oxygens (including phenoxy) is 2. The summed E-state index contributed by atoms with van der Waals surface area (Å²) in [5.74, 6) is 0.577. The molecule has 0 amide bonds. The lowest BCUT2D eigenvalue weighted by molar-refractivity contribution is -0.0507. The lowest BCUT2D eigenvalue weighted by Crippen LogP contribution is -2.41. The van der Waals surface area contributed by atoms with Crippen LogP contribution in [-0.4, -0.2) is 30.6 Å². The van der Waals surface area contributed by atoms with Crippen LogP contribution in [-0.2, 0) is 15.9 Å². The fourth-order valence-corrected chi connectivity index (χ4v) is 4.07. The van der Waals surface area contributed by atoms with Crippen molar-refractivity contribution in [1.29, 1.82) is 0 Å². The van der Waals surface area contributed by atoms with E-state index in [1.807, 2.05) is 6.08 Å². The quantitative estimate of drug-likeness (QED) is 0.812. The molecule has 1 N–H and O–H groups in total. The Bertz CT molecular complexity index is 514. The highest BCUT2D eigenvalue weighted by Gasteiger charge is 2.45. The van der Waals surface area contributed by atoms with E-state index < -0.39 is 0 Å². The molecule has 2 fully saturated rings. The Morgan fingerprint density at radius 1 is 1.30 bits per heavy atom. The van der Waals surface area contributed by atoms with Crippen LogP contribution in [0.2, 0.25) is 0 Å². The van der Waals surface area contributed by atoms with Crippen molar-refractivity contribution < 1.29 is 9.47 Å². The van der Waals surface area contributed by atoms with Gasteiger partial charge in [-0.2, -0.15) is 0 Å². The van der Waals surface area contributed by atoms with Crippen LogP contribution in [0.5, 0.6) is 0 Å². The molecule has 0 bridgehead atoms. The molecule has 0 unspecified atom stereocenters. The first kappa shape index (κ1) is 16.7. The summed E-state index contributed by atoms with van der Waals surface area (Å²) >= 11 is 0. The molecule has 1 heterocycles. The van der Waals surface area contributed by atoms with Crippen LogP contribution in [0.4, 0.5) is 0 Å². The molecule has 3 heteroatoms. The zero-order chi connectivity index (χ0) is 16.3. The SMILES string of the molecule is C=CCO[C@H]1CC[C@@H]([C@H]2OC(C)(C)N[C@H]2Cc2ccccc2)C1. The monoisotopic (exact) mass is 315 g/mol. The van der Waals surface area contributed by atoms with Crippen molar-refractivity contribution in [2.45, 2.75) is 63.5 Å². The summed E-state index contributed by atoms with van der Waals surface area (Å²) in [6.07, 6.45) is 6.91. The zero-order valence-corrected chi connectivity index (χ0v) is 14.3. The van der Waals surface area contributed by atoms with Gasteiger partial charge in [-0.15, -0.1) is 6.58 Å². The van der Waals surface area contributed by atoms with Crippen molar-refractivity contribution >= 4 is 0 Å². The molecule has 1 aliphatic carbocycles. The first-order chi connectivity index (χ1) is 11.1. The summed E-state index contributed by atoms with van der Waals surface area (Å²) in [5, 5.41) is 3.68. The van der Waals surface area contributed by atoms with Crippen molar-refractivity contribution in [2.24, 2.45) is 5.92 Å². The average molecular weight is 315 g/mol. The molecule has 1 aromatic rings. The summed E-state index contributed by atoms with van der Waals surface area (Å²) < 4.78 is 12.2. The maximum atomic E-state index is 6.38. The van der Waals surface area contributed by atoms with Gasteiger partial charge in [0.25, 0.3) is 0 Å². The second-order valence-corrected chi connectivity index (χ2v) is 7.35. The molecular formula is C20H29NO2. The molecule has 4 atom stereocenters. The number of hydrogen-bond donors (Lipinski definition) is 1. The highest BCUT2D eigenvalue weighted by atomic mass is 16.5. The van der Waals surface area contributed by atoms with Gasteiger partial charge in [0.1, 0.15) is 5.72 Å². The standard InChI is InChI=1S/C20H29NO2/c1-4-12-22-17-11-10-16(14-17)19-18(21-20(2,3)23-19)13-15-8-6-5-7-9-15/h4-9,16-19,21H,1,10-14H2,2-3H3/t16-,17+,18+,19-/m1/s1. The van der Waals surface area contributed by atoms with Crippen LogP contribution in [0, 0.1) is 5.92 Å². The van der Waals surface area contributed by atoms with E-state index in [9.17, 15) is 0 Å². The van der Waals surface area contributed by atoms with Crippen LogP contribution < -0.4 is 5.32 Å². The van der Waals surface area contributed by atoms with E-state index in [1.54, 1.807) is 0 Å². The molecule has 0 radical (unpaired) electrons. The minimum absolute atomic E-state index is 0.246. The van der Waals surface area contributed by atoms with Gasteiger partial charge < -0.3 is 9.47 Å². The van der Waals surface area contributed by atoms with Crippen molar-refractivity contribution in [3.63, 3.8) is 0 Å². The predicted octanol–water partition coefficient (Wildman–Crippen LogP) is 3.69. The van der Waals surface area contributed by atoms with Crippen molar-refractivity contribution in [1.82, 2.24) is 5.32 Å². The maximum absolute atomic E-state index is 6.38. The molecule has 3 rings (SSSR count). The maximum Gasteiger partial charge on any atom is 0.114 e. The Labute approximate surface area is 140 Å². The molecule has 23 heavy (non-hydrogen) atoms. The summed E-state index contributed by atoms with van der Waals surface area (Å²) in [4.78, 5) is 0. The number of rotatable bonds is 6. The topological polar surface area (TPSA) is 30.5 Å². The third-order valence-electron chi connectivity index (χ3n) is 5.00. The van der Waals surface area contributed by atoms with Crippen LogP contribution in [0.25, 0.3) is 0 Å². The summed E-state index contributed by atoms with van der Waals surface area (Å²) in [7, 11) is 0. The van der Waals surface area contributed by atoms with Gasteiger partial charge in [0.05, 0.1) is 18.8 Å². The van der Waals surface area contributed by atoms with E-state index in [1.165, 1.54) is 12.0 Å². The molecule has 1 saturated carbocycles. The first-order valence-electron chi connectivity index (χ1n) is 8.79. The lowest BCUT2D eigenvalue weighted by atomic mass is 9.91. The molecule has 2 aliphatic rings. The largest absolute Gasteiger partial charge is 0.374 e. The Morgan fingerprint density at radius 3 is 2.83 bits per heavy atom. The van der Waals surface area contributed by atoms with Crippen LogP contribution in [0.1, 0.15) is 38.7 Å². The Hall–Kier alpha value is -1.16. The third-order valence-corrected chi connectivity index (χ3v) is 5.00. The fraction of sp³-hybridized carbons (Fsp3) is 0.600. The van der Waals surface area contributed by atoms with E-state index in [0.717, 1.165) is 19.3 Å². The fourth-order valence-electron chi connectivity index (χ4n) is 4.07. The van der Waals surface area contributed by atoms with E-state index in [2.05, 4.69) is 56.1 Å². The van der Waals surface area contributed by atoms with Gasteiger partial charge in [0.2, 0.25) is 0 Å². The zero-order valence-electron chi connectivity index (χ0n) is 14.3. The predicted molar refractivity (Wildman–Crippen MR) is 93.3 cm³/mol. The second-order valence-electron chi connectivity index (χ2n) is 7.35. The van der Waals surface area contributed by atoms with E-state index in [0.29, 0.717) is 24.7 Å². The number of hydrogen-bond acceptors (Lipinski definition) is 3. The van der Waals surface area contributed by atoms with Gasteiger partial charge >= 0.3 is 0 Å². The van der Waals surface area contributed by atoms with E-state index >= 15 is 0 Å². The molecule has 1 aliphatic heterocycles.